The van der Waals surface area contributed by atoms with Crippen LogP contribution in [0.5, 0.6) is 5.75 Å². The Morgan fingerprint density at radius 1 is 1.12 bits per heavy atom. The predicted octanol–water partition coefficient (Wildman–Crippen LogP) is 4.95. The number of nitrogens with two attached hydrogens (primary N) is 1. The molecule has 1 aliphatic heterocycles. The number of benzene rings is 1. The lowest BCUT2D eigenvalue weighted by Gasteiger charge is -2.34. The van der Waals surface area contributed by atoms with Gasteiger partial charge in [0.2, 0.25) is 0 Å². The van der Waals surface area contributed by atoms with E-state index in [9.17, 15) is 0 Å². The summed E-state index contributed by atoms with van der Waals surface area (Å²) in [7, 11) is 0. The average molecular weight is 473 g/mol. The molecule has 0 unspecified atom stereocenters. The molecule has 174 valence electrons. The van der Waals surface area contributed by atoms with E-state index >= 15 is 0 Å². The van der Waals surface area contributed by atoms with Crippen molar-refractivity contribution in [1.29, 1.82) is 0 Å². The van der Waals surface area contributed by atoms with Gasteiger partial charge in [-0.3, -0.25) is 0 Å². The van der Waals surface area contributed by atoms with Crippen molar-refractivity contribution in [2.24, 2.45) is 5.41 Å². The number of pyridine rings is 1. The number of nitrogens with zero attached hydrogens (tertiary/aromatic N) is 5. The van der Waals surface area contributed by atoms with E-state index in [-0.39, 0.29) is 5.41 Å². The molecule has 6 rings (SSSR count). The lowest BCUT2D eigenvalue weighted by molar-refractivity contribution is 0.310. The Morgan fingerprint density at radius 2 is 2.00 bits per heavy atom. The molecular formula is C26H28N6OS. The molecule has 7 nitrogen and oxygen atoms in total. The maximum atomic E-state index is 6.15. The summed E-state index contributed by atoms with van der Waals surface area (Å²) in [5.74, 6) is 2.84. The number of nitrogen functional groups attached to an aromatic ring is 1. The lowest BCUT2D eigenvalue weighted by atomic mass is 9.76. The second-order valence-corrected chi connectivity index (χ2v) is 11.1. The van der Waals surface area contributed by atoms with Gasteiger partial charge in [0.05, 0.1) is 6.54 Å². The van der Waals surface area contributed by atoms with E-state index in [1.165, 1.54) is 22.6 Å². The van der Waals surface area contributed by atoms with Crippen molar-refractivity contribution in [3.8, 4) is 16.9 Å². The summed E-state index contributed by atoms with van der Waals surface area (Å²) < 4.78 is 6.15. The highest BCUT2D eigenvalue weighted by atomic mass is 32.1. The van der Waals surface area contributed by atoms with E-state index in [0.717, 1.165) is 76.8 Å². The molecule has 34 heavy (non-hydrogen) atoms. The molecule has 0 saturated carbocycles. The van der Waals surface area contributed by atoms with Crippen molar-refractivity contribution < 1.29 is 4.74 Å². The van der Waals surface area contributed by atoms with E-state index < -0.39 is 0 Å². The number of aryl methyl sites for hydroxylation is 2. The van der Waals surface area contributed by atoms with Gasteiger partial charge in [-0.2, -0.15) is 0 Å². The molecule has 1 aromatic carbocycles. The van der Waals surface area contributed by atoms with Crippen LogP contribution in [0.25, 0.3) is 21.5 Å². The highest BCUT2D eigenvalue weighted by Gasteiger charge is 2.31. The number of thiazole rings is 1. The molecule has 0 bridgehead atoms. The first-order valence-electron chi connectivity index (χ1n) is 11.7. The van der Waals surface area contributed by atoms with E-state index in [4.69, 9.17) is 20.4 Å². The molecule has 3 aromatic heterocycles. The molecule has 8 heteroatoms. The Hall–Kier alpha value is -3.26. The molecule has 0 amide bonds. The predicted molar refractivity (Wildman–Crippen MR) is 136 cm³/mol. The quantitative estimate of drug-likeness (QED) is 0.441. The maximum Gasteiger partial charge on any atom is 0.182 e. The van der Waals surface area contributed by atoms with Gasteiger partial charge >= 0.3 is 0 Å². The smallest absolute Gasteiger partial charge is 0.182 e. The number of hydrogen-bond acceptors (Lipinski definition) is 8. The highest BCUT2D eigenvalue weighted by Crippen LogP contribution is 2.39. The first kappa shape index (κ1) is 21.3. The summed E-state index contributed by atoms with van der Waals surface area (Å²) in [6.07, 6.45) is 5.07. The first-order valence-corrected chi connectivity index (χ1v) is 12.6. The van der Waals surface area contributed by atoms with Crippen LogP contribution in [0.15, 0.2) is 30.5 Å². The van der Waals surface area contributed by atoms with Crippen molar-refractivity contribution in [2.45, 2.75) is 46.6 Å². The minimum absolute atomic E-state index is 0.262. The Balaban J connectivity index is 1.38. The van der Waals surface area contributed by atoms with E-state index in [2.05, 4.69) is 53.0 Å². The zero-order valence-electron chi connectivity index (χ0n) is 19.8. The second-order valence-electron chi connectivity index (χ2n) is 10.1. The fourth-order valence-corrected chi connectivity index (χ4v) is 5.72. The number of anilines is 2. The van der Waals surface area contributed by atoms with Gasteiger partial charge in [-0.25, -0.2) is 19.9 Å². The van der Waals surface area contributed by atoms with Crippen LogP contribution in [-0.2, 0) is 19.4 Å². The number of aromatic nitrogens is 4. The zero-order valence-corrected chi connectivity index (χ0v) is 20.6. The molecule has 0 saturated heterocycles. The molecule has 4 aromatic rings. The van der Waals surface area contributed by atoms with Crippen LogP contribution in [0.1, 0.15) is 42.9 Å². The van der Waals surface area contributed by atoms with Gasteiger partial charge in [-0.1, -0.05) is 31.3 Å². The summed E-state index contributed by atoms with van der Waals surface area (Å²) in [6.45, 7) is 8.84. The minimum atomic E-state index is 0.262. The maximum absolute atomic E-state index is 6.15. The third-order valence-electron chi connectivity index (χ3n) is 6.81. The van der Waals surface area contributed by atoms with Crippen LogP contribution in [0.4, 0.5) is 10.9 Å². The first-order chi connectivity index (χ1) is 16.3. The number of fused-ring (bicyclic) bond motifs is 3. The van der Waals surface area contributed by atoms with E-state index in [0.29, 0.717) is 11.7 Å². The van der Waals surface area contributed by atoms with Gasteiger partial charge in [-0.05, 0) is 55.4 Å². The third-order valence-corrected chi connectivity index (χ3v) is 7.62. The van der Waals surface area contributed by atoms with Gasteiger partial charge in [0, 0.05) is 35.1 Å². The molecule has 0 atom stereocenters. The molecule has 0 fully saturated rings. The van der Waals surface area contributed by atoms with Crippen LogP contribution in [0.2, 0.25) is 0 Å². The van der Waals surface area contributed by atoms with E-state index in [1.54, 1.807) is 0 Å². The van der Waals surface area contributed by atoms with E-state index in [1.807, 2.05) is 13.1 Å². The second kappa shape index (κ2) is 7.91. The summed E-state index contributed by atoms with van der Waals surface area (Å²) in [5, 5.41) is 0.539. The van der Waals surface area contributed by atoms with Gasteiger partial charge in [0.1, 0.15) is 34.3 Å². The Bertz CT molecular complexity index is 1410. The normalized spacial score (nSPS) is 17.1. The van der Waals surface area contributed by atoms with Gasteiger partial charge < -0.3 is 15.4 Å². The standard InChI is InChI=1S/C26H28N6OS/c1-15-29-20-6-7-26(2,3)12-19(20)23(30-15)32-8-9-33-22-5-4-16(10-18(22)14-32)17-11-21-24(28-13-17)34-25(27)31-21/h4-5,10-11,13H,6-9,12,14H2,1-3H3,(H2,27,31). The third kappa shape index (κ3) is 3.86. The fraction of sp³-hybridized carbons (Fsp3) is 0.385. The van der Waals surface area contributed by atoms with Crippen LogP contribution in [0.3, 0.4) is 0 Å². The lowest BCUT2D eigenvalue weighted by Crippen LogP contribution is -2.31. The van der Waals surface area contributed by atoms with Gasteiger partial charge in [0.15, 0.2) is 5.13 Å². The highest BCUT2D eigenvalue weighted by molar-refractivity contribution is 7.21. The fourth-order valence-electron chi connectivity index (χ4n) is 5.06. The van der Waals surface area contributed by atoms with Crippen molar-refractivity contribution >= 4 is 32.6 Å². The Labute approximate surface area is 203 Å². The largest absolute Gasteiger partial charge is 0.491 e. The zero-order chi connectivity index (χ0) is 23.4. The van der Waals surface area contributed by atoms with Crippen LogP contribution < -0.4 is 15.4 Å². The number of rotatable bonds is 2. The Morgan fingerprint density at radius 3 is 2.88 bits per heavy atom. The average Bonchev–Trinajstić information content (AvgIpc) is 3.04. The topological polar surface area (TPSA) is 90.0 Å². The Kier molecular flexibility index (Phi) is 4.95. The van der Waals surface area contributed by atoms with Crippen molar-refractivity contribution in [1.82, 2.24) is 19.9 Å². The van der Waals surface area contributed by atoms with Crippen molar-refractivity contribution in [3.63, 3.8) is 0 Å². The van der Waals surface area contributed by atoms with Gasteiger partial charge in [-0.15, -0.1) is 0 Å². The monoisotopic (exact) mass is 472 g/mol. The summed E-state index contributed by atoms with van der Waals surface area (Å²) in [5.41, 5.74) is 12.7. The molecular weight excluding hydrogens is 444 g/mol. The summed E-state index contributed by atoms with van der Waals surface area (Å²) >= 11 is 1.41. The SMILES string of the molecule is Cc1nc2c(c(N3CCOc4ccc(-c5cnc6sc(N)nc6c5)cc4C3)n1)CC(C)(C)CC2. The number of ether oxygens (including phenoxy) is 1. The van der Waals surface area contributed by atoms with Crippen LogP contribution in [0, 0.1) is 12.3 Å². The molecule has 0 radical (unpaired) electrons. The molecule has 2 aliphatic rings. The molecule has 2 N–H and O–H groups in total. The minimum Gasteiger partial charge on any atom is -0.491 e. The molecule has 4 heterocycles. The summed E-state index contributed by atoms with van der Waals surface area (Å²) in [6, 6.07) is 8.42. The molecule has 1 aliphatic carbocycles. The molecule has 0 spiro atoms. The van der Waals surface area contributed by atoms with Crippen molar-refractivity contribution in [3.05, 3.63) is 53.1 Å². The van der Waals surface area contributed by atoms with Crippen LogP contribution >= 0.6 is 11.3 Å². The summed E-state index contributed by atoms with van der Waals surface area (Å²) in [4.78, 5) is 21.9. The van der Waals surface area contributed by atoms with Crippen LogP contribution in [-0.4, -0.2) is 33.1 Å². The van der Waals surface area contributed by atoms with Crippen molar-refractivity contribution in [2.75, 3.05) is 23.8 Å². The van der Waals surface area contributed by atoms with Gasteiger partial charge in [0.25, 0.3) is 0 Å². The number of hydrogen-bond donors (Lipinski definition) is 1.